The molecule has 1 heterocycles. The Hall–Kier alpha value is -1.79. The van der Waals surface area contributed by atoms with Crippen LogP contribution in [0, 0.1) is 5.92 Å². The molecule has 1 aliphatic rings. The highest BCUT2D eigenvalue weighted by atomic mass is 16.5. The number of nitrogens with one attached hydrogen (secondary N) is 1. The SMILES string of the molecule is CCC(CC)C(CN=C(N)Nc1ccc(OC)cc1)N1CCOCC1. The molecular formula is C19H32N4O2. The molecule has 0 radical (unpaired) electrons. The van der Waals surface area contributed by atoms with Crippen LogP contribution in [-0.2, 0) is 4.74 Å². The molecule has 1 aliphatic heterocycles. The molecule has 0 spiro atoms. The second-order valence-corrected chi connectivity index (χ2v) is 6.37. The Bertz CT molecular complexity index is 523. The van der Waals surface area contributed by atoms with E-state index in [9.17, 15) is 0 Å². The van der Waals surface area contributed by atoms with Gasteiger partial charge in [0.1, 0.15) is 5.75 Å². The van der Waals surface area contributed by atoms with Crippen LogP contribution in [-0.4, -0.2) is 56.9 Å². The summed E-state index contributed by atoms with van der Waals surface area (Å²) in [6.45, 7) is 8.78. The van der Waals surface area contributed by atoms with Crippen molar-refractivity contribution >= 4 is 11.6 Å². The zero-order chi connectivity index (χ0) is 18.1. The van der Waals surface area contributed by atoms with E-state index in [0.29, 0.717) is 24.5 Å². The van der Waals surface area contributed by atoms with Crippen molar-refractivity contribution in [2.24, 2.45) is 16.6 Å². The number of benzene rings is 1. The van der Waals surface area contributed by atoms with Gasteiger partial charge in [0, 0.05) is 24.8 Å². The first kappa shape index (κ1) is 19.5. The lowest BCUT2D eigenvalue weighted by Gasteiger charge is -2.38. The predicted octanol–water partition coefficient (Wildman–Crippen LogP) is 2.56. The van der Waals surface area contributed by atoms with Gasteiger partial charge in [0.15, 0.2) is 5.96 Å². The molecule has 0 bridgehead atoms. The molecule has 0 aliphatic carbocycles. The first-order valence-corrected chi connectivity index (χ1v) is 9.20. The van der Waals surface area contributed by atoms with Crippen molar-refractivity contribution in [1.82, 2.24) is 4.90 Å². The highest BCUT2D eigenvalue weighted by Crippen LogP contribution is 2.20. The van der Waals surface area contributed by atoms with Crippen LogP contribution in [0.25, 0.3) is 0 Å². The zero-order valence-corrected chi connectivity index (χ0v) is 15.7. The van der Waals surface area contributed by atoms with Crippen LogP contribution >= 0.6 is 0 Å². The second-order valence-electron chi connectivity index (χ2n) is 6.37. The predicted molar refractivity (Wildman–Crippen MR) is 103 cm³/mol. The van der Waals surface area contributed by atoms with Crippen molar-refractivity contribution in [1.29, 1.82) is 0 Å². The van der Waals surface area contributed by atoms with Crippen LogP contribution in [0.2, 0.25) is 0 Å². The van der Waals surface area contributed by atoms with Crippen molar-refractivity contribution in [3.05, 3.63) is 24.3 Å². The van der Waals surface area contributed by atoms with E-state index < -0.39 is 0 Å². The van der Waals surface area contributed by atoms with Crippen LogP contribution in [0.5, 0.6) is 5.75 Å². The molecule has 2 rings (SSSR count). The minimum atomic E-state index is 0.412. The highest BCUT2D eigenvalue weighted by Gasteiger charge is 2.26. The molecule has 1 aromatic carbocycles. The van der Waals surface area contributed by atoms with Crippen LogP contribution in [0.4, 0.5) is 5.69 Å². The molecule has 3 N–H and O–H groups in total. The van der Waals surface area contributed by atoms with E-state index in [1.165, 1.54) is 0 Å². The van der Waals surface area contributed by atoms with E-state index in [0.717, 1.165) is 50.6 Å². The van der Waals surface area contributed by atoms with Gasteiger partial charge < -0.3 is 20.5 Å². The summed E-state index contributed by atoms with van der Waals surface area (Å²) < 4.78 is 10.7. The summed E-state index contributed by atoms with van der Waals surface area (Å²) in [6.07, 6.45) is 2.31. The number of morpholine rings is 1. The lowest BCUT2D eigenvalue weighted by atomic mass is 9.92. The van der Waals surface area contributed by atoms with Gasteiger partial charge in [-0.15, -0.1) is 0 Å². The fraction of sp³-hybridized carbons (Fsp3) is 0.632. The molecule has 0 aromatic heterocycles. The Kier molecular flexibility index (Phi) is 8.01. The second kappa shape index (κ2) is 10.3. The van der Waals surface area contributed by atoms with Crippen LogP contribution in [0.3, 0.4) is 0 Å². The summed E-state index contributed by atoms with van der Waals surface area (Å²) >= 11 is 0. The number of ether oxygens (including phenoxy) is 2. The van der Waals surface area contributed by atoms with Gasteiger partial charge in [-0.3, -0.25) is 9.89 Å². The first-order valence-electron chi connectivity index (χ1n) is 9.20. The Balaban J connectivity index is 1.99. The molecule has 25 heavy (non-hydrogen) atoms. The number of rotatable bonds is 8. The third-order valence-electron chi connectivity index (χ3n) is 4.92. The lowest BCUT2D eigenvalue weighted by Crippen LogP contribution is -2.48. The van der Waals surface area contributed by atoms with Crippen LogP contribution in [0.1, 0.15) is 26.7 Å². The van der Waals surface area contributed by atoms with Gasteiger partial charge in [0.2, 0.25) is 0 Å². The molecule has 1 unspecified atom stereocenters. The number of anilines is 1. The quantitative estimate of drug-likeness (QED) is 0.558. The molecule has 6 heteroatoms. The largest absolute Gasteiger partial charge is 0.497 e. The summed E-state index contributed by atoms with van der Waals surface area (Å²) in [7, 11) is 1.65. The van der Waals surface area contributed by atoms with Gasteiger partial charge in [-0.25, -0.2) is 0 Å². The molecule has 1 aromatic rings. The van der Waals surface area contributed by atoms with Crippen molar-refractivity contribution < 1.29 is 9.47 Å². The number of nitrogens with zero attached hydrogens (tertiary/aromatic N) is 2. The van der Waals surface area contributed by atoms with E-state index in [2.05, 4.69) is 29.1 Å². The molecule has 1 saturated heterocycles. The van der Waals surface area contributed by atoms with Gasteiger partial charge in [-0.05, 0) is 30.2 Å². The van der Waals surface area contributed by atoms with E-state index in [-0.39, 0.29) is 0 Å². The number of methoxy groups -OCH3 is 1. The lowest BCUT2D eigenvalue weighted by molar-refractivity contribution is 0.00398. The summed E-state index contributed by atoms with van der Waals surface area (Å²) in [5, 5.41) is 3.16. The van der Waals surface area contributed by atoms with E-state index in [1.807, 2.05) is 24.3 Å². The summed E-state index contributed by atoms with van der Waals surface area (Å²) in [6, 6.07) is 8.07. The number of aliphatic imine (C=N–C) groups is 1. The monoisotopic (exact) mass is 348 g/mol. The molecule has 1 fully saturated rings. The number of hydrogen-bond acceptors (Lipinski definition) is 4. The van der Waals surface area contributed by atoms with Gasteiger partial charge in [0.25, 0.3) is 0 Å². The van der Waals surface area contributed by atoms with Gasteiger partial charge in [0.05, 0.1) is 26.9 Å². The maximum absolute atomic E-state index is 6.10. The minimum absolute atomic E-state index is 0.412. The Labute approximate surface area is 151 Å². The van der Waals surface area contributed by atoms with Gasteiger partial charge in [-0.1, -0.05) is 26.7 Å². The summed E-state index contributed by atoms with van der Waals surface area (Å²) in [5.41, 5.74) is 7.01. The Morgan fingerprint density at radius 1 is 1.24 bits per heavy atom. The fourth-order valence-electron chi connectivity index (χ4n) is 3.36. The van der Waals surface area contributed by atoms with Gasteiger partial charge in [-0.2, -0.15) is 0 Å². The zero-order valence-electron chi connectivity index (χ0n) is 15.7. The third kappa shape index (κ3) is 5.90. The fourth-order valence-corrected chi connectivity index (χ4v) is 3.36. The van der Waals surface area contributed by atoms with Crippen LogP contribution < -0.4 is 15.8 Å². The normalized spacial score (nSPS) is 17.5. The maximum Gasteiger partial charge on any atom is 0.193 e. The van der Waals surface area contributed by atoms with E-state index in [1.54, 1.807) is 7.11 Å². The number of guanidine groups is 1. The molecule has 6 nitrogen and oxygen atoms in total. The average molecular weight is 348 g/mol. The maximum atomic E-state index is 6.10. The first-order chi connectivity index (χ1) is 12.2. The molecular weight excluding hydrogens is 316 g/mol. The summed E-state index contributed by atoms with van der Waals surface area (Å²) in [4.78, 5) is 7.13. The third-order valence-corrected chi connectivity index (χ3v) is 4.92. The molecule has 0 amide bonds. The van der Waals surface area contributed by atoms with Crippen molar-refractivity contribution in [2.75, 3.05) is 45.3 Å². The molecule has 140 valence electrons. The van der Waals surface area contributed by atoms with Crippen molar-refractivity contribution in [3.8, 4) is 5.75 Å². The summed E-state index contributed by atoms with van der Waals surface area (Å²) in [5.74, 6) is 1.90. The minimum Gasteiger partial charge on any atom is -0.497 e. The smallest absolute Gasteiger partial charge is 0.193 e. The topological polar surface area (TPSA) is 72.1 Å². The van der Waals surface area contributed by atoms with Gasteiger partial charge >= 0.3 is 0 Å². The number of nitrogens with two attached hydrogens (primary N) is 1. The number of hydrogen-bond donors (Lipinski definition) is 2. The average Bonchev–Trinajstić information content (AvgIpc) is 2.66. The van der Waals surface area contributed by atoms with E-state index in [4.69, 9.17) is 15.2 Å². The van der Waals surface area contributed by atoms with Crippen molar-refractivity contribution in [2.45, 2.75) is 32.7 Å². The van der Waals surface area contributed by atoms with Crippen molar-refractivity contribution in [3.63, 3.8) is 0 Å². The Morgan fingerprint density at radius 2 is 1.88 bits per heavy atom. The Morgan fingerprint density at radius 3 is 2.44 bits per heavy atom. The highest BCUT2D eigenvalue weighted by molar-refractivity contribution is 5.92. The van der Waals surface area contributed by atoms with Crippen LogP contribution in [0.15, 0.2) is 29.3 Å². The molecule has 0 saturated carbocycles. The molecule has 1 atom stereocenters. The van der Waals surface area contributed by atoms with E-state index >= 15 is 0 Å². The standard InChI is InChI=1S/C19H32N4O2/c1-4-15(5-2)18(23-10-12-25-13-11-23)14-21-19(20)22-16-6-8-17(24-3)9-7-16/h6-9,15,18H,4-5,10-14H2,1-3H3,(H3,20,21,22).